The molecule has 4 rings (SSSR count). The molecule has 0 amide bonds. The second kappa shape index (κ2) is 4.40. The number of aromatic nitrogens is 3. The Morgan fingerprint density at radius 1 is 0.909 bits per heavy atom. The molecule has 2 aromatic heterocycles. The van der Waals surface area contributed by atoms with Crippen molar-refractivity contribution in [2.75, 3.05) is 0 Å². The Labute approximate surface area is 125 Å². The van der Waals surface area contributed by atoms with Crippen molar-refractivity contribution in [2.24, 2.45) is 0 Å². The Hall–Kier alpha value is -2.69. The molecule has 2 aromatic carbocycles. The summed E-state index contributed by atoms with van der Waals surface area (Å²) < 4.78 is 3.32. The van der Waals surface area contributed by atoms with Gasteiger partial charge in [-0.2, -0.15) is 0 Å². The molecule has 0 spiro atoms. The first kappa shape index (κ1) is 13.0. The molecule has 0 fully saturated rings. The number of hydrogen-bond acceptors (Lipinski definition) is 3. The molecule has 5 nitrogen and oxygen atoms in total. The lowest BCUT2D eigenvalue weighted by molar-refractivity contribution is 0.712. The Bertz CT molecular complexity index is 1110. The minimum absolute atomic E-state index is 0.221. The number of pyridine rings is 1. The molecule has 110 valence electrons. The van der Waals surface area contributed by atoms with E-state index in [1.165, 1.54) is 4.57 Å². The van der Waals surface area contributed by atoms with E-state index in [-0.39, 0.29) is 11.1 Å². The SMILES string of the molecule is CCn1c(=O)c2ccc3ncn(CC)c4ccc(c1=O)c2c34. The molecule has 0 aliphatic carbocycles. The molecule has 0 atom stereocenters. The molecule has 2 heterocycles. The third-order valence-corrected chi connectivity index (χ3v) is 4.37. The summed E-state index contributed by atoms with van der Waals surface area (Å²) in [6.45, 7) is 5.01. The van der Waals surface area contributed by atoms with Crippen LogP contribution in [0.1, 0.15) is 13.8 Å². The fraction of sp³-hybridized carbons (Fsp3) is 0.235. The number of benzene rings is 2. The van der Waals surface area contributed by atoms with Crippen LogP contribution >= 0.6 is 0 Å². The normalized spacial score (nSPS) is 11.9. The second-order valence-corrected chi connectivity index (χ2v) is 5.40. The fourth-order valence-electron chi connectivity index (χ4n) is 3.28. The van der Waals surface area contributed by atoms with Crippen LogP contribution in [-0.2, 0) is 13.1 Å². The van der Waals surface area contributed by atoms with E-state index in [1.54, 1.807) is 12.4 Å². The third kappa shape index (κ3) is 1.45. The van der Waals surface area contributed by atoms with Crippen LogP contribution in [0.15, 0.2) is 40.2 Å². The van der Waals surface area contributed by atoms with E-state index in [4.69, 9.17) is 0 Å². The van der Waals surface area contributed by atoms with Gasteiger partial charge in [-0.15, -0.1) is 0 Å². The molecular weight excluding hydrogens is 278 g/mol. The summed E-state index contributed by atoms with van der Waals surface area (Å²) in [5, 5.41) is 2.82. The van der Waals surface area contributed by atoms with Gasteiger partial charge in [0.1, 0.15) is 0 Å². The number of rotatable bonds is 2. The van der Waals surface area contributed by atoms with E-state index >= 15 is 0 Å². The van der Waals surface area contributed by atoms with Crippen LogP contribution < -0.4 is 11.1 Å². The first-order valence-corrected chi connectivity index (χ1v) is 7.44. The lowest BCUT2D eigenvalue weighted by atomic mass is 10.00. The molecule has 0 aliphatic heterocycles. The zero-order valence-electron chi connectivity index (χ0n) is 12.5. The van der Waals surface area contributed by atoms with Crippen molar-refractivity contribution >= 4 is 32.6 Å². The van der Waals surface area contributed by atoms with Crippen LogP contribution in [0.25, 0.3) is 32.6 Å². The standard InChI is InChI=1S/C17H15N3O2/c1-3-19-9-18-12-7-5-10-14-11(6-8-13(19)15(12)14)17(22)20(4-2)16(10)21/h5-9H,3-4H2,1-2H3. The van der Waals surface area contributed by atoms with Crippen LogP contribution in [0.5, 0.6) is 0 Å². The third-order valence-electron chi connectivity index (χ3n) is 4.37. The summed E-state index contributed by atoms with van der Waals surface area (Å²) in [6.07, 6.45) is 1.80. The van der Waals surface area contributed by atoms with Crippen molar-refractivity contribution in [2.45, 2.75) is 26.9 Å². The first-order chi connectivity index (χ1) is 10.7. The van der Waals surface area contributed by atoms with Gasteiger partial charge in [-0.05, 0) is 38.1 Å². The van der Waals surface area contributed by atoms with Gasteiger partial charge in [0, 0.05) is 34.6 Å². The molecule has 4 aromatic rings. The lowest BCUT2D eigenvalue weighted by Crippen LogP contribution is -2.32. The van der Waals surface area contributed by atoms with Gasteiger partial charge in [0.05, 0.1) is 17.4 Å². The maximum absolute atomic E-state index is 12.6. The number of aryl methyl sites for hydroxylation is 1. The van der Waals surface area contributed by atoms with Crippen molar-refractivity contribution in [1.82, 2.24) is 14.1 Å². The Morgan fingerprint density at radius 2 is 1.59 bits per heavy atom. The number of hydrogen-bond donors (Lipinski definition) is 0. The molecule has 0 unspecified atom stereocenters. The molecule has 22 heavy (non-hydrogen) atoms. The Morgan fingerprint density at radius 3 is 2.23 bits per heavy atom. The summed E-state index contributed by atoms with van der Waals surface area (Å²) in [5.41, 5.74) is 1.37. The van der Waals surface area contributed by atoms with E-state index in [0.29, 0.717) is 17.3 Å². The van der Waals surface area contributed by atoms with Gasteiger partial charge in [-0.3, -0.25) is 14.2 Å². The molecular formula is C17H15N3O2. The maximum Gasteiger partial charge on any atom is 0.261 e. The van der Waals surface area contributed by atoms with E-state index in [1.807, 2.05) is 36.6 Å². The van der Waals surface area contributed by atoms with Crippen LogP contribution in [0.4, 0.5) is 0 Å². The van der Waals surface area contributed by atoms with E-state index < -0.39 is 0 Å². The van der Waals surface area contributed by atoms with Crippen LogP contribution in [0.2, 0.25) is 0 Å². The molecule has 0 saturated carbocycles. The zero-order chi connectivity index (χ0) is 15.4. The fourth-order valence-corrected chi connectivity index (χ4v) is 3.28. The van der Waals surface area contributed by atoms with Crippen molar-refractivity contribution in [3.05, 3.63) is 51.3 Å². The van der Waals surface area contributed by atoms with E-state index in [2.05, 4.69) is 4.98 Å². The maximum atomic E-state index is 12.6. The highest BCUT2D eigenvalue weighted by Gasteiger charge is 2.16. The molecule has 0 radical (unpaired) electrons. The van der Waals surface area contributed by atoms with Crippen molar-refractivity contribution in [3.8, 4) is 0 Å². The van der Waals surface area contributed by atoms with Gasteiger partial charge in [-0.1, -0.05) is 0 Å². The van der Waals surface area contributed by atoms with Gasteiger partial charge in [0.2, 0.25) is 0 Å². The van der Waals surface area contributed by atoms with Crippen molar-refractivity contribution in [1.29, 1.82) is 0 Å². The first-order valence-electron chi connectivity index (χ1n) is 7.44. The average Bonchev–Trinajstić information content (AvgIpc) is 2.55. The van der Waals surface area contributed by atoms with Crippen molar-refractivity contribution < 1.29 is 0 Å². The molecule has 5 heteroatoms. The highest BCUT2D eigenvalue weighted by molar-refractivity contribution is 6.20. The van der Waals surface area contributed by atoms with Gasteiger partial charge in [-0.25, -0.2) is 4.98 Å². The summed E-state index contributed by atoms with van der Waals surface area (Å²) in [6, 6.07) is 7.41. The topological polar surface area (TPSA) is 56.9 Å². The Kier molecular flexibility index (Phi) is 2.60. The van der Waals surface area contributed by atoms with E-state index in [9.17, 15) is 9.59 Å². The number of nitrogens with zero attached hydrogens (tertiary/aromatic N) is 3. The molecule has 0 saturated heterocycles. The molecule has 0 N–H and O–H groups in total. The smallest absolute Gasteiger partial charge is 0.261 e. The largest absolute Gasteiger partial charge is 0.332 e. The van der Waals surface area contributed by atoms with Crippen LogP contribution in [-0.4, -0.2) is 14.1 Å². The van der Waals surface area contributed by atoms with Gasteiger partial charge >= 0.3 is 0 Å². The molecule has 0 bridgehead atoms. The van der Waals surface area contributed by atoms with Crippen LogP contribution in [0, 0.1) is 0 Å². The van der Waals surface area contributed by atoms with E-state index in [0.717, 1.165) is 28.4 Å². The molecule has 0 aliphatic rings. The predicted molar refractivity (Wildman–Crippen MR) is 87.8 cm³/mol. The summed E-state index contributed by atoms with van der Waals surface area (Å²) >= 11 is 0. The highest BCUT2D eigenvalue weighted by Crippen LogP contribution is 2.30. The van der Waals surface area contributed by atoms with Crippen molar-refractivity contribution in [3.63, 3.8) is 0 Å². The monoisotopic (exact) mass is 293 g/mol. The van der Waals surface area contributed by atoms with Gasteiger partial charge in [0.25, 0.3) is 11.1 Å². The summed E-state index contributed by atoms with van der Waals surface area (Å²) in [5.74, 6) is 0. The minimum Gasteiger partial charge on any atom is -0.332 e. The summed E-state index contributed by atoms with van der Waals surface area (Å²) in [7, 11) is 0. The predicted octanol–water partition coefficient (Wildman–Crippen LogP) is 2.34. The highest BCUT2D eigenvalue weighted by atomic mass is 16.2. The van der Waals surface area contributed by atoms with Crippen LogP contribution in [0.3, 0.4) is 0 Å². The lowest BCUT2D eigenvalue weighted by Gasteiger charge is -2.14. The minimum atomic E-state index is -0.221. The quantitative estimate of drug-likeness (QED) is 0.533. The Balaban J connectivity index is 2.42. The van der Waals surface area contributed by atoms with Gasteiger partial charge in [0.15, 0.2) is 0 Å². The average molecular weight is 293 g/mol. The summed E-state index contributed by atoms with van der Waals surface area (Å²) in [4.78, 5) is 29.6. The van der Waals surface area contributed by atoms with Gasteiger partial charge < -0.3 is 4.57 Å². The second-order valence-electron chi connectivity index (χ2n) is 5.40. The zero-order valence-corrected chi connectivity index (χ0v) is 12.5.